The van der Waals surface area contributed by atoms with Crippen LogP contribution in [0.15, 0.2) is 0 Å². The molecule has 0 rings (SSSR count). The highest BCUT2D eigenvalue weighted by Gasteiger charge is 2.30. The van der Waals surface area contributed by atoms with Crippen LogP contribution in [0.1, 0.15) is 369 Å². The van der Waals surface area contributed by atoms with Crippen LogP contribution in [0.25, 0.3) is 0 Å². The molecule has 3 N–H and O–H groups in total. The minimum Gasteiger partial charge on any atom is -0.462 e. The van der Waals surface area contributed by atoms with Gasteiger partial charge >= 0.3 is 39.5 Å². The molecule has 0 aromatic heterocycles. The van der Waals surface area contributed by atoms with E-state index in [0.717, 1.165) is 108 Å². The van der Waals surface area contributed by atoms with E-state index in [1.54, 1.807) is 0 Å². The van der Waals surface area contributed by atoms with Crippen molar-refractivity contribution < 1.29 is 80.2 Å². The lowest BCUT2D eigenvalue weighted by Crippen LogP contribution is -2.30. The van der Waals surface area contributed by atoms with Crippen LogP contribution >= 0.6 is 15.6 Å². The van der Waals surface area contributed by atoms with Crippen LogP contribution in [-0.4, -0.2) is 96.7 Å². The Bertz CT molecular complexity index is 1770. The third-order valence-corrected chi connectivity index (χ3v) is 18.6. The molecular weight excluding hydrogens is 1200 g/mol. The van der Waals surface area contributed by atoms with Crippen LogP contribution in [0.5, 0.6) is 0 Å². The van der Waals surface area contributed by atoms with Gasteiger partial charge in [0, 0.05) is 25.7 Å². The Hall–Kier alpha value is -1.94. The second-order valence-electron chi connectivity index (χ2n) is 26.9. The molecule has 0 aliphatic rings. The van der Waals surface area contributed by atoms with Crippen LogP contribution in [-0.2, 0) is 65.4 Å². The first kappa shape index (κ1) is 89.1. The van der Waals surface area contributed by atoms with Gasteiger partial charge < -0.3 is 33.8 Å². The van der Waals surface area contributed by atoms with Crippen LogP contribution in [0.3, 0.4) is 0 Å². The van der Waals surface area contributed by atoms with Gasteiger partial charge in [-0.3, -0.25) is 37.3 Å². The fourth-order valence-corrected chi connectivity index (χ4v) is 12.5. The van der Waals surface area contributed by atoms with Crippen molar-refractivity contribution in [3.63, 3.8) is 0 Å². The summed E-state index contributed by atoms with van der Waals surface area (Å²) in [7, 11) is -9.90. The number of aliphatic hydroxyl groups is 1. The van der Waals surface area contributed by atoms with E-state index in [9.17, 15) is 43.2 Å². The molecule has 91 heavy (non-hydrogen) atoms. The third-order valence-electron chi connectivity index (χ3n) is 16.7. The summed E-state index contributed by atoms with van der Waals surface area (Å²) in [5, 5.41) is 10.6. The molecule has 0 aromatic carbocycles. The monoisotopic (exact) mass is 1340 g/mol. The lowest BCUT2D eigenvalue weighted by atomic mass is 10.0. The van der Waals surface area contributed by atoms with Gasteiger partial charge in [-0.15, -0.1) is 0 Å². The van der Waals surface area contributed by atoms with Gasteiger partial charge in [0.05, 0.1) is 26.4 Å². The summed E-state index contributed by atoms with van der Waals surface area (Å²) in [5.74, 6) is -0.683. The topological polar surface area (TPSA) is 237 Å². The third kappa shape index (κ3) is 66.5. The molecule has 5 atom stereocenters. The maximum Gasteiger partial charge on any atom is 0.472 e. The minimum atomic E-state index is -4.95. The second kappa shape index (κ2) is 64.1. The van der Waals surface area contributed by atoms with Crippen molar-refractivity contribution in [1.29, 1.82) is 0 Å². The molecule has 0 spiro atoms. The van der Waals surface area contributed by atoms with Crippen LogP contribution in [0.2, 0.25) is 0 Å². The zero-order valence-corrected chi connectivity index (χ0v) is 60.9. The summed E-state index contributed by atoms with van der Waals surface area (Å²) in [6.45, 7) is 9.45. The molecule has 0 bridgehead atoms. The van der Waals surface area contributed by atoms with Crippen molar-refractivity contribution in [3.05, 3.63) is 0 Å². The van der Waals surface area contributed by atoms with Gasteiger partial charge in [0.15, 0.2) is 12.2 Å². The van der Waals surface area contributed by atoms with Gasteiger partial charge in [0.2, 0.25) is 0 Å². The summed E-state index contributed by atoms with van der Waals surface area (Å²) in [6, 6.07) is 0. The van der Waals surface area contributed by atoms with E-state index < -0.39 is 97.5 Å². The molecule has 0 aliphatic carbocycles. The molecule has 0 aromatic rings. The number of aliphatic hydroxyl groups excluding tert-OH is 1. The Morgan fingerprint density at radius 1 is 0.297 bits per heavy atom. The molecule has 2 unspecified atom stereocenters. The first-order valence-corrected chi connectivity index (χ1v) is 40.5. The zero-order valence-electron chi connectivity index (χ0n) is 59.1. The highest BCUT2D eigenvalue weighted by atomic mass is 31.2. The number of hydrogen-bond donors (Lipinski definition) is 3. The maximum absolute atomic E-state index is 13.0. The molecule has 0 heterocycles. The summed E-state index contributed by atoms with van der Waals surface area (Å²) in [5.41, 5.74) is 0. The van der Waals surface area contributed by atoms with E-state index in [-0.39, 0.29) is 25.7 Å². The summed E-state index contributed by atoms with van der Waals surface area (Å²) >= 11 is 0. The van der Waals surface area contributed by atoms with Crippen molar-refractivity contribution in [3.8, 4) is 0 Å². The zero-order chi connectivity index (χ0) is 67.2. The highest BCUT2D eigenvalue weighted by molar-refractivity contribution is 7.47. The Kier molecular flexibility index (Phi) is 62.7. The van der Waals surface area contributed by atoms with E-state index in [2.05, 4.69) is 41.5 Å². The maximum atomic E-state index is 13.0. The van der Waals surface area contributed by atoms with Gasteiger partial charge in [-0.1, -0.05) is 318 Å². The molecule has 0 saturated heterocycles. The number of ether oxygens (including phenoxy) is 4. The SMILES string of the molecule is CCCCCCCCCCCCCCCCCCCCCCCC(=O)O[C@H](COC(=O)CCCCCCCCCCC(C)C)COP(=O)(O)OC[C@@H](O)COP(=O)(O)OC[C@@H](COC(=O)CCCCCCCCCC)OC(=O)CCCCCCCCCCC(C)C. The Labute approximate surface area is 556 Å². The van der Waals surface area contributed by atoms with E-state index >= 15 is 0 Å². The van der Waals surface area contributed by atoms with Crippen molar-refractivity contribution in [2.45, 2.75) is 387 Å². The van der Waals surface area contributed by atoms with Crippen molar-refractivity contribution in [2.24, 2.45) is 11.8 Å². The normalized spacial score (nSPS) is 14.1. The number of rotatable bonds is 71. The standard InChI is InChI=1S/C72H140O17P2/c1-7-9-11-13-15-17-18-19-20-21-22-23-24-25-26-27-28-29-38-44-50-56-71(76)88-68(61-83-70(75)55-49-43-37-32-30-34-40-46-52-64(3)4)63-87-91(80,81)85-59-66(73)58-84-90(78,79)86-62-67(60-82-69(74)54-48-42-36-16-14-12-10-8-2)89-72(77)57-51-45-39-33-31-35-41-47-53-65(5)6/h64-68,73H,7-63H2,1-6H3,(H,78,79)(H,80,81)/t66-,67+,68+/m0/s1. The van der Waals surface area contributed by atoms with Crippen LogP contribution in [0.4, 0.5) is 0 Å². The number of phosphoric acid groups is 2. The van der Waals surface area contributed by atoms with Crippen molar-refractivity contribution in [2.75, 3.05) is 39.6 Å². The van der Waals surface area contributed by atoms with E-state index in [1.165, 1.54) is 180 Å². The van der Waals surface area contributed by atoms with Gasteiger partial charge in [-0.25, -0.2) is 9.13 Å². The number of esters is 4. The molecule has 540 valence electrons. The lowest BCUT2D eigenvalue weighted by Gasteiger charge is -2.21. The number of unbranched alkanes of at least 4 members (excludes halogenated alkanes) is 41. The number of phosphoric ester groups is 2. The molecule has 17 nitrogen and oxygen atoms in total. The summed E-state index contributed by atoms with van der Waals surface area (Å²) in [6.07, 6.45) is 50.3. The number of hydrogen-bond acceptors (Lipinski definition) is 15. The van der Waals surface area contributed by atoms with Gasteiger partial charge in [-0.05, 0) is 37.5 Å². The van der Waals surface area contributed by atoms with Crippen LogP contribution < -0.4 is 0 Å². The Morgan fingerprint density at radius 2 is 0.505 bits per heavy atom. The average molecular weight is 1340 g/mol. The predicted molar refractivity (Wildman–Crippen MR) is 368 cm³/mol. The highest BCUT2D eigenvalue weighted by Crippen LogP contribution is 2.45. The predicted octanol–water partition coefficient (Wildman–Crippen LogP) is 20.8. The summed E-state index contributed by atoms with van der Waals surface area (Å²) in [4.78, 5) is 72.5. The first-order chi connectivity index (χ1) is 43.9. The summed E-state index contributed by atoms with van der Waals surface area (Å²) < 4.78 is 68.2. The Balaban J connectivity index is 5.15. The minimum absolute atomic E-state index is 0.104. The van der Waals surface area contributed by atoms with E-state index in [0.29, 0.717) is 25.7 Å². The average Bonchev–Trinajstić information content (AvgIpc) is 3.72. The van der Waals surface area contributed by atoms with Gasteiger partial charge in [0.25, 0.3) is 0 Å². The van der Waals surface area contributed by atoms with Gasteiger partial charge in [-0.2, -0.15) is 0 Å². The largest absolute Gasteiger partial charge is 0.472 e. The fourth-order valence-electron chi connectivity index (χ4n) is 10.9. The number of carbonyl (C=O) groups is 4. The van der Waals surface area contributed by atoms with E-state index in [1.807, 2.05) is 0 Å². The number of carbonyl (C=O) groups excluding carboxylic acids is 4. The molecule has 0 fully saturated rings. The molecular formula is C72H140O17P2. The molecule has 0 radical (unpaired) electrons. The molecule has 0 amide bonds. The molecule has 0 saturated carbocycles. The van der Waals surface area contributed by atoms with Crippen molar-refractivity contribution in [1.82, 2.24) is 0 Å². The molecule has 19 heteroatoms. The quantitative estimate of drug-likeness (QED) is 0.0222. The first-order valence-electron chi connectivity index (χ1n) is 37.5. The van der Waals surface area contributed by atoms with Gasteiger partial charge in [0.1, 0.15) is 19.3 Å². The smallest absolute Gasteiger partial charge is 0.462 e. The van der Waals surface area contributed by atoms with E-state index in [4.69, 9.17) is 37.0 Å². The van der Waals surface area contributed by atoms with Crippen LogP contribution in [0, 0.1) is 11.8 Å². The van der Waals surface area contributed by atoms with Crippen molar-refractivity contribution >= 4 is 39.5 Å². The Morgan fingerprint density at radius 3 is 0.747 bits per heavy atom. The second-order valence-corrected chi connectivity index (χ2v) is 29.8. The molecule has 0 aliphatic heterocycles. The fraction of sp³-hybridized carbons (Fsp3) is 0.944. The lowest BCUT2D eigenvalue weighted by molar-refractivity contribution is -0.161.